The van der Waals surface area contributed by atoms with Crippen molar-refractivity contribution in [2.75, 3.05) is 13.7 Å². The third-order valence-electron chi connectivity index (χ3n) is 5.27. The van der Waals surface area contributed by atoms with Crippen LogP contribution in [-0.4, -0.2) is 19.7 Å². The van der Waals surface area contributed by atoms with Crippen molar-refractivity contribution in [2.24, 2.45) is 0 Å². The van der Waals surface area contributed by atoms with Crippen molar-refractivity contribution in [1.82, 2.24) is 0 Å². The fourth-order valence-corrected chi connectivity index (χ4v) is 3.54. The number of unbranched alkanes of at least 4 members (excludes halogenated alkanes) is 10. The zero-order valence-electron chi connectivity index (χ0n) is 19.0. The molecule has 0 heterocycles. The van der Waals surface area contributed by atoms with E-state index in [9.17, 15) is 4.79 Å². The lowest BCUT2D eigenvalue weighted by Crippen LogP contribution is -2.02. The maximum Gasteiger partial charge on any atom is 0.330 e. The van der Waals surface area contributed by atoms with E-state index in [4.69, 9.17) is 9.47 Å². The molecular formula is C26H42O3. The predicted octanol–water partition coefficient (Wildman–Crippen LogP) is 7.52. The van der Waals surface area contributed by atoms with Crippen molar-refractivity contribution in [3.05, 3.63) is 35.4 Å². The van der Waals surface area contributed by atoms with Gasteiger partial charge in [0, 0.05) is 11.6 Å². The zero-order valence-corrected chi connectivity index (χ0v) is 19.0. The minimum absolute atomic E-state index is 0.276. The second kappa shape index (κ2) is 17.1. The molecular weight excluding hydrogens is 360 g/mol. The van der Waals surface area contributed by atoms with Gasteiger partial charge in [0.1, 0.15) is 5.75 Å². The number of hydrogen-bond donors (Lipinski definition) is 0. The van der Waals surface area contributed by atoms with E-state index in [0.29, 0.717) is 6.61 Å². The molecule has 0 N–H and O–H groups in total. The number of benzene rings is 1. The molecule has 0 aliphatic carbocycles. The zero-order chi connectivity index (χ0) is 21.2. The molecule has 29 heavy (non-hydrogen) atoms. The highest BCUT2D eigenvalue weighted by Gasteiger charge is 2.07. The maximum atomic E-state index is 12.0. The second-order valence-corrected chi connectivity index (χ2v) is 7.83. The normalized spacial score (nSPS) is 11.1. The molecule has 0 radical (unpaired) electrons. The lowest BCUT2D eigenvalue weighted by molar-refractivity contribution is -0.137. The van der Waals surface area contributed by atoms with E-state index >= 15 is 0 Å². The van der Waals surface area contributed by atoms with Crippen LogP contribution in [0.4, 0.5) is 0 Å². The number of rotatable bonds is 17. The van der Waals surface area contributed by atoms with E-state index in [0.717, 1.165) is 30.6 Å². The van der Waals surface area contributed by atoms with Gasteiger partial charge in [0.25, 0.3) is 0 Å². The predicted molar refractivity (Wildman–Crippen MR) is 123 cm³/mol. The number of carbonyl (C=O) groups excluding carboxylic acids is 1. The Hall–Kier alpha value is -1.77. The molecule has 0 unspecified atom stereocenters. The molecule has 1 aromatic rings. The maximum absolute atomic E-state index is 12.0. The fraction of sp³-hybridized carbons (Fsp3) is 0.654. The van der Waals surface area contributed by atoms with Crippen LogP contribution in [0, 0.1) is 0 Å². The quantitative estimate of drug-likeness (QED) is 0.154. The van der Waals surface area contributed by atoms with Crippen molar-refractivity contribution in [3.8, 4) is 5.75 Å². The van der Waals surface area contributed by atoms with Crippen LogP contribution < -0.4 is 4.74 Å². The molecule has 0 saturated carbocycles. The molecule has 0 aliphatic rings. The van der Waals surface area contributed by atoms with Crippen LogP contribution >= 0.6 is 0 Å². The summed E-state index contributed by atoms with van der Waals surface area (Å²) in [5, 5.41) is 0. The summed E-state index contributed by atoms with van der Waals surface area (Å²) >= 11 is 0. The Labute approximate surface area is 178 Å². The van der Waals surface area contributed by atoms with Gasteiger partial charge in [-0.15, -0.1) is 0 Å². The Morgan fingerprint density at radius 3 is 2.14 bits per heavy atom. The van der Waals surface area contributed by atoms with E-state index in [1.165, 1.54) is 75.8 Å². The first-order valence-corrected chi connectivity index (χ1v) is 11.7. The Kier molecular flexibility index (Phi) is 14.9. The van der Waals surface area contributed by atoms with Gasteiger partial charge in [0.15, 0.2) is 0 Å². The number of methoxy groups -OCH3 is 1. The summed E-state index contributed by atoms with van der Waals surface area (Å²) in [6.07, 6.45) is 19.2. The summed E-state index contributed by atoms with van der Waals surface area (Å²) in [6, 6.07) is 6.15. The van der Waals surface area contributed by atoms with Crippen molar-refractivity contribution >= 4 is 12.0 Å². The molecule has 0 amide bonds. The molecule has 0 spiro atoms. The number of carbonyl (C=O) groups is 1. The van der Waals surface area contributed by atoms with Gasteiger partial charge in [-0.1, -0.05) is 96.3 Å². The molecule has 1 aromatic carbocycles. The minimum atomic E-state index is -0.276. The molecule has 0 aromatic heterocycles. The molecule has 3 heteroatoms. The average molecular weight is 403 g/mol. The molecule has 0 bridgehead atoms. The number of hydrogen-bond acceptors (Lipinski definition) is 3. The number of para-hydroxylation sites is 1. The van der Waals surface area contributed by atoms with Gasteiger partial charge in [-0.2, -0.15) is 0 Å². The largest absolute Gasteiger partial charge is 0.496 e. The van der Waals surface area contributed by atoms with Crippen LogP contribution in [-0.2, 0) is 16.0 Å². The number of esters is 1. The molecule has 3 nitrogen and oxygen atoms in total. The van der Waals surface area contributed by atoms with E-state index < -0.39 is 0 Å². The van der Waals surface area contributed by atoms with Gasteiger partial charge >= 0.3 is 5.97 Å². The van der Waals surface area contributed by atoms with Crippen molar-refractivity contribution < 1.29 is 14.3 Å². The van der Waals surface area contributed by atoms with E-state index in [2.05, 4.69) is 19.9 Å². The molecule has 164 valence electrons. The first kappa shape index (κ1) is 25.3. The molecule has 0 aliphatic heterocycles. The van der Waals surface area contributed by atoms with Crippen LogP contribution in [0.3, 0.4) is 0 Å². The molecule has 0 atom stereocenters. The SMILES string of the molecule is CCCCCCCCOC(=O)/C=C/c1cccc(CCCCCCCC)c1OC. The fourth-order valence-electron chi connectivity index (χ4n) is 3.54. The summed E-state index contributed by atoms with van der Waals surface area (Å²) in [5.41, 5.74) is 2.15. The van der Waals surface area contributed by atoms with E-state index in [1.807, 2.05) is 18.2 Å². The Bertz CT molecular complexity index is 577. The summed E-state index contributed by atoms with van der Waals surface area (Å²) < 4.78 is 11.0. The monoisotopic (exact) mass is 402 g/mol. The van der Waals surface area contributed by atoms with Crippen LogP contribution in [0.5, 0.6) is 5.75 Å². The summed E-state index contributed by atoms with van der Waals surface area (Å²) in [6.45, 7) is 4.96. The molecule has 0 fully saturated rings. The van der Waals surface area contributed by atoms with Crippen LogP contribution in [0.1, 0.15) is 102 Å². The lowest BCUT2D eigenvalue weighted by Gasteiger charge is -2.11. The van der Waals surface area contributed by atoms with Crippen molar-refractivity contribution in [1.29, 1.82) is 0 Å². The second-order valence-electron chi connectivity index (χ2n) is 7.83. The third kappa shape index (κ3) is 11.7. The van der Waals surface area contributed by atoms with Crippen molar-refractivity contribution in [2.45, 2.75) is 97.3 Å². The highest BCUT2D eigenvalue weighted by atomic mass is 16.5. The Balaban J connectivity index is 2.42. The first-order chi connectivity index (χ1) is 14.2. The van der Waals surface area contributed by atoms with E-state index in [1.54, 1.807) is 7.11 Å². The third-order valence-corrected chi connectivity index (χ3v) is 5.27. The first-order valence-electron chi connectivity index (χ1n) is 11.7. The highest BCUT2D eigenvalue weighted by molar-refractivity contribution is 5.87. The van der Waals surface area contributed by atoms with Gasteiger partial charge in [-0.3, -0.25) is 0 Å². The van der Waals surface area contributed by atoms with Gasteiger partial charge in [0.05, 0.1) is 13.7 Å². The van der Waals surface area contributed by atoms with Gasteiger partial charge in [-0.25, -0.2) is 4.79 Å². The molecule has 0 saturated heterocycles. The van der Waals surface area contributed by atoms with E-state index in [-0.39, 0.29) is 5.97 Å². The minimum Gasteiger partial charge on any atom is -0.496 e. The van der Waals surface area contributed by atoms with Crippen LogP contribution in [0.15, 0.2) is 24.3 Å². The van der Waals surface area contributed by atoms with Gasteiger partial charge < -0.3 is 9.47 Å². The van der Waals surface area contributed by atoms with Gasteiger partial charge in [0.2, 0.25) is 0 Å². The van der Waals surface area contributed by atoms with Crippen molar-refractivity contribution in [3.63, 3.8) is 0 Å². The van der Waals surface area contributed by atoms with Crippen LogP contribution in [0.2, 0.25) is 0 Å². The average Bonchev–Trinajstić information content (AvgIpc) is 2.74. The summed E-state index contributed by atoms with van der Waals surface area (Å²) in [4.78, 5) is 12.0. The number of ether oxygens (including phenoxy) is 2. The summed E-state index contributed by atoms with van der Waals surface area (Å²) in [7, 11) is 1.70. The Morgan fingerprint density at radius 1 is 0.862 bits per heavy atom. The topological polar surface area (TPSA) is 35.5 Å². The Morgan fingerprint density at radius 2 is 1.48 bits per heavy atom. The smallest absolute Gasteiger partial charge is 0.330 e. The lowest BCUT2D eigenvalue weighted by atomic mass is 10.0. The number of aryl methyl sites for hydroxylation is 1. The standard InChI is InChI=1S/C26H42O3/c1-4-6-8-10-12-14-17-23-18-16-19-24(26(23)28-3)20-21-25(27)29-22-15-13-11-9-7-5-2/h16,18-21H,4-15,17,22H2,1-3H3/b21-20+. The summed E-state index contributed by atoms with van der Waals surface area (Å²) in [5.74, 6) is 0.600. The van der Waals surface area contributed by atoms with Crippen LogP contribution in [0.25, 0.3) is 6.08 Å². The van der Waals surface area contributed by atoms with Gasteiger partial charge in [-0.05, 0) is 30.9 Å². The highest BCUT2D eigenvalue weighted by Crippen LogP contribution is 2.27. The molecule has 1 rings (SSSR count).